The number of anilines is 3. The van der Waals surface area contributed by atoms with Gasteiger partial charge in [0.1, 0.15) is 11.6 Å². The van der Waals surface area contributed by atoms with Crippen LogP contribution in [-0.2, 0) is 6.54 Å². The Hall–Kier alpha value is -3.54. The lowest BCUT2D eigenvalue weighted by Gasteiger charge is -2.13. The molecule has 0 bridgehead atoms. The van der Waals surface area contributed by atoms with Crippen LogP contribution in [0.3, 0.4) is 0 Å². The van der Waals surface area contributed by atoms with Gasteiger partial charge in [-0.3, -0.25) is 4.79 Å². The molecule has 0 radical (unpaired) electrons. The topological polar surface area (TPSA) is 66.5 Å². The molecule has 0 spiro atoms. The van der Waals surface area contributed by atoms with Crippen molar-refractivity contribution >= 4 is 23.1 Å². The number of hydrogen-bond acceptors (Lipinski definition) is 5. The quantitative estimate of drug-likeness (QED) is 0.652. The van der Waals surface area contributed by atoms with Gasteiger partial charge < -0.3 is 20.3 Å². The first-order valence-corrected chi connectivity index (χ1v) is 8.97. The molecule has 0 aliphatic carbocycles. The minimum absolute atomic E-state index is 0.188. The van der Waals surface area contributed by atoms with Crippen LogP contribution < -0.4 is 20.3 Å². The van der Waals surface area contributed by atoms with Crippen molar-refractivity contribution in [2.24, 2.45) is 0 Å². The van der Waals surface area contributed by atoms with Crippen LogP contribution in [0.2, 0.25) is 0 Å². The molecular formula is C22H24N4O2. The number of nitrogens with zero attached hydrogens (tertiary/aromatic N) is 2. The highest BCUT2D eigenvalue weighted by Crippen LogP contribution is 2.17. The Kier molecular flexibility index (Phi) is 6.11. The Labute approximate surface area is 165 Å². The monoisotopic (exact) mass is 376 g/mol. The van der Waals surface area contributed by atoms with Crippen LogP contribution in [0.25, 0.3) is 0 Å². The van der Waals surface area contributed by atoms with E-state index in [1.54, 1.807) is 25.4 Å². The van der Waals surface area contributed by atoms with Gasteiger partial charge in [0.2, 0.25) is 0 Å². The molecule has 2 N–H and O–H groups in total. The molecule has 2 aromatic carbocycles. The first kappa shape index (κ1) is 19.2. The largest absolute Gasteiger partial charge is 0.497 e. The van der Waals surface area contributed by atoms with E-state index in [1.165, 1.54) is 0 Å². The van der Waals surface area contributed by atoms with E-state index >= 15 is 0 Å². The molecule has 1 heterocycles. The number of nitrogens with one attached hydrogen (secondary N) is 2. The molecule has 0 aliphatic rings. The van der Waals surface area contributed by atoms with Crippen LogP contribution in [0.4, 0.5) is 17.2 Å². The highest BCUT2D eigenvalue weighted by atomic mass is 16.5. The molecule has 0 atom stereocenters. The molecule has 28 heavy (non-hydrogen) atoms. The van der Waals surface area contributed by atoms with Gasteiger partial charge in [0.15, 0.2) is 0 Å². The Balaban J connectivity index is 1.56. The Bertz CT molecular complexity index is 905. The van der Waals surface area contributed by atoms with Gasteiger partial charge in [-0.1, -0.05) is 12.1 Å². The summed E-state index contributed by atoms with van der Waals surface area (Å²) in [5.41, 5.74) is 3.45. The molecule has 3 rings (SSSR count). The van der Waals surface area contributed by atoms with E-state index < -0.39 is 0 Å². The minimum Gasteiger partial charge on any atom is -0.497 e. The number of benzene rings is 2. The van der Waals surface area contributed by atoms with Crippen LogP contribution in [0.15, 0.2) is 66.9 Å². The highest BCUT2D eigenvalue weighted by Gasteiger charge is 2.07. The maximum atomic E-state index is 12.4. The number of pyridine rings is 1. The van der Waals surface area contributed by atoms with E-state index in [0.29, 0.717) is 17.9 Å². The molecule has 0 unspecified atom stereocenters. The van der Waals surface area contributed by atoms with Crippen molar-refractivity contribution in [3.63, 3.8) is 0 Å². The molecule has 1 amide bonds. The maximum Gasteiger partial charge on any atom is 0.257 e. The van der Waals surface area contributed by atoms with Crippen molar-refractivity contribution in [2.75, 3.05) is 36.7 Å². The zero-order valence-corrected chi connectivity index (χ0v) is 16.3. The smallest absolute Gasteiger partial charge is 0.257 e. The van der Waals surface area contributed by atoms with Crippen LogP contribution in [0.1, 0.15) is 15.9 Å². The number of aromatic nitrogens is 1. The second-order valence-corrected chi connectivity index (χ2v) is 6.53. The molecule has 0 aliphatic heterocycles. The van der Waals surface area contributed by atoms with E-state index in [9.17, 15) is 4.79 Å². The van der Waals surface area contributed by atoms with E-state index in [-0.39, 0.29) is 5.91 Å². The lowest BCUT2D eigenvalue weighted by Crippen LogP contribution is -2.13. The molecule has 6 heteroatoms. The van der Waals surface area contributed by atoms with E-state index in [4.69, 9.17) is 4.74 Å². The second kappa shape index (κ2) is 8.90. The summed E-state index contributed by atoms with van der Waals surface area (Å²) in [5.74, 6) is 1.35. The van der Waals surface area contributed by atoms with Crippen molar-refractivity contribution in [3.05, 3.63) is 78.0 Å². The summed E-state index contributed by atoms with van der Waals surface area (Å²) in [4.78, 5) is 18.7. The van der Waals surface area contributed by atoms with E-state index in [1.807, 2.05) is 67.5 Å². The summed E-state index contributed by atoms with van der Waals surface area (Å²) in [6.45, 7) is 0.640. The van der Waals surface area contributed by atoms with Crippen molar-refractivity contribution in [1.29, 1.82) is 0 Å². The summed E-state index contributed by atoms with van der Waals surface area (Å²) in [7, 11) is 5.60. The van der Waals surface area contributed by atoms with Crippen LogP contribution >= 0.6 is 0 Å². The molecule has 144 valence electrons. The molecule has 6 nitrogen and oxygen atoms in total. The molecule has 0 fully saturated rings. The van der Waals surface area contributed by atoms with Crippen LogP contribution in [-0.4, -0.2) is 32.1 Å². The lowest BCUT2D eigenvalue weighted by molar-refractivity contribution is 0.102. The fraction of sp³-hybridized carbons (Fsp3) is 0.182. The third-order valence-electron chi connectivity index (χ3n) is 4.30. The summed E-state index contributed by atoms with van der Waals surface area (Å²) >= 11 is 0. The number of carbonyl (C=O) groups excluding carboxylic acids is 1. The second-order valence-electron chi connectivity index (χ2n) is 6.53. The molecule has 3 aromatic rings. The number of methoxy groups -OCH3 is 1. The van der Waals surface area contributed by atoms with Gasteiger partial charge in [-0.05, 0) is 54.1 Å². The Morgan fingerprint density at radius 1 is 1.00 bits per heavy atom. The number of amides is 1. The third-order valence-corrected chi connectivity index (χ3v) is 4.30. The summed E-state index contributed by atoms with van der Waals surface area (Å²) < 4.78 is 5.15. The molecule has 0 saturated carbocycles. The molecular weight excluding hydrogens is 352 g/mol. The SMILES string of the molecule is COc1ccc(CNc2ccc(C(=O)Nc3ccc(N(C)C)cc3)cn2)cc1. The Morgan fingerprint density at radius 2 is 1.71 bits per heavy atom. The number of ether oxygens (including phenoxy) is 1. The third kappa shape index (κ3) is 5.01. The zero-order chi connectivity index (χ0) is 19.9. The first-order valence-electron chi connectivity index (χ1n) is 8.97. The van der Waals surface area contributed by atoms with E-state index in [2.05, 4.69) is 15.6 Å². The van der Waals surface area contributed by atoms with Gasteiger partial charge in [0.25, 0.3) is 5.91 Å². The van der Waals surface area contributed by atoms with Gasteiger partial charge in [0, 0.05) is 38.2 Å². The predicted molar refractivity (Wildman–Crippen MR) is 113 cm³/mol. The van der Waals surface area contributed by atoms with Crippen molar-refractivity contribution < 1.29 is 9.53 Å². The number of hydrogen-bond donors (Lipinski definition) is 2. The van der Waals surface area contributed by atoms with Crippen molar-refractivity contribution in [3.8, 4) is 5.75 Å². The lowest BCUT2D eigenvalue weighted by atomic mass is 10.2. The standard InChI is InChI=1S/C22H24N4O2/c1-26(2)19-9-7-18(8-10-19)25-22(27)17-6-13-21(24-15-17)23-14-16-4-11-20(28-3)12-5-16/h4-13,15H,14H2,1-3H3,(H,23,24)(H,25,27). The maximum absolute atomic E-state index is 12.4. The Morgan fingerprint density at radius 3 is 2.29 bits per heavy atom. The average Bonchev–Trinajstić information content (AvgIpc) is 2.73. The van der Waals surface area contributed by atoms with Gasteiger partial charge in [-0.25, -0.2) is 4.98 Å². The molecule has 1 aromatic heterocycles. The average molecular weight is 376 g/mol. The predicted octanol–water partition coefficient (Wildman–Crippen LogP) is 4.02. The first-order chi connectivity index (χ1) is 13.5. The van der Waals surface area contributed by atoms with E-state index in [0.717, 1.165) is 22.7 Å². The summed E-state index contributed by atoms with van der Waals surface area (Å²) in [5, 5.41) is 6.13. The van der Waals surface area contributed by atoms with Crippen molar-refractivity contribution in [1.82, 2.24) is 4.98 Å². The highest BCUT2D eigenvalue weighted by molar-refractivity contribution is 6.04. The summed E-state index contributed by atoms with van der Waals surface area (Å²) in [6.07, 6.45) is 1.57. The summed E-state index contributed by atoms with van der Waals surface area (Å²) in [6, 6.07) is 19.1. The number of carbonyl (C=O) groups is 1. The van der Waals surface area contributed by atoms with Crippen LogP contribution in [0, 0.1) is 0 Å². The van der Waals surface area contributed by atoms with Gasteiger partial charge in [0.05, 0.1) is 12.7 Å². The van der Waals surface area contributed by atoms with Gasteiger partial charge in [-0.2, -0.15) is 0 Å². The van der Waals surface area contributed by atoms with Gasteiger partial charge in [-0.15, -0.1) is 0 Å². The number of rotatable bonds is 7. The molecule has 0 saturated heterocycles. The normalized spacial score (nSPS) is 10.2. The van der Waals surface area contributed by atoms with Gasteiger partial charge >= 0.3 is 0 Å². The fourth-order valence-electron chi connectivity index (χ4n) is 2.61. The minimum atomic E-state index is -0.188. The zero-order valence-electron chi connectivity index (χ0n) is 16.3. The van der Waals surface area contributed by atoms with Crippen molar-refractivity contribution in [2.45, 2.75) is 6.54 Å². The van der Waals surface area contributed by atoms with Crippen LogP contribution in [0.5, 0.6) is 5.75 Å². The fourth-order valence-corrected chi connectivity index (χ4v) is 2.61.